The lowest BCUT2D eigenvalue weighted by atomic mass is 9.91. The zero-order chi connectivity index (χ0) is 66.1. The van der Waals surface area contributed by atoms with Crippen LogP contribution in [0.1, 0.15) is 5.56 Å². The van der Waals surface area contributed by atoms with Crippen molar-refractivity contribution in [1.29, 1.82) is 5.41 Å². The van der Waals surface area contributed by atoms with Gasteiger partial charge in [-0.3, -0.25) is 5.41 Å². The molecule has 0 saturated heterocycles. The van der Waals surface area contributed by atoms with Gasteiger partial charge in [-0.1, -0.05) is 212 Å². The lowest BCUT2D eigenvalue weighted by Gasteiger charge is -2.31. The second-order valence-electron chi connectivity index (χ2n) is 25.2. The molecule has 1 aliphatic rings. The minimum absolute atomic E-state index is 0.283. The lowest BCUT2D eigenvalue weighted by molar-refractivity contribution is 0.415. The van der Waals surface area contributed by atoms with Gasteiger partial charge in [0.25, 0.3) is 0 Å². The minimum Gasteiger partial charge on any atom is -0.497 e. The number of allylic oxidation sites excluding steroid dienone is 4. The first kappa shape index (κ1) is 58.8. The fraction of sp³-hybridized carbons (Fsp3) is 0.0110. The van der Waals surface area contributed by atoms with Crippen molar-refractivity contribution in [3.8, 4) is 78.4 Å². The average Bonchev–Trinajstić information content (AvgIpc) is 1.65. The van der Waals surface area contributed by atoms with Crippen molar-refractivity contribution in [1.82, 2.24) is 13.7 Å². The van der Waals surface area contributed by atoms with Gasteiger partial charge in [0, 0.05) is 66.3 Å². The molecule has 468 valence electrons. The summed E-state index contributed by atoms with van der Waals surface area (Å²) in [6.45, 7) is 0. The molecule has 8 heteroatoms. The zero-order valence-corrected chi connectivity index (χ0v) is 54.9. The highest BCUT2D eigenvalue weighted by molar-refractivity contribution is 7.79. The SMILES string of the molecule is COc1ccc(-c2ccc(N(C3=CC=C(c4ccc(-n5c6ccc(-c7ccc(-c8ccc(-n9c%10ccccc%10c%10ccccc%109)cc8)cc7)cc6c6cc(-c7ccc(-c8ccc(-n9c%10ccccc%10c%10ccccc%109)cc8)cc7)ccc65)cc4)C(=N)/C3=N\S)c3ccccc3)cc2)cc1. The minimum atomic E-state index is 0.283. The number of methoxy groups -OCH3 is 1. The van der Waals surface area contributed by atoms with Crippen LogP contribution in [0.15, 0.2) is 356 Å². The summed E-state index contributed by atoms with van der Waals surface area (Å²) < 4.78 is 17.1. The van der Waals surface area contributed by atoms with E-state index >= 15 is 0 Å². The lowest BCUT2D eigenvalue weighted by Crippen LogP contribution is -2.30. The third-order valence-electron chi connectivity index (χ3n) is 19.8. The van der Waals surface area contributed by atoms with E-state index in [0.29, 0.717) is 5.71 Å². The number of nitrogens with zero attached hydrogens (tertiary/aromatic N) is 5. The van der Waals surface area contributed by atoms with Gasteiger partial charge in [-0.05, 0) is 207 Å². The molecule has 1 N–H and O–H groups in total. The van der Waals surface area contributed by atoms with Crippen LogP contribution in [0.2, 0.25) is 0 Å². The number of thiol groups is 1. The number of benzene rings is 14. The molecule has 3 aromatic heterocycles. The molecule has 0 amide bonds. The van der Waals surface area contributed by atoms with E-state index in [1.807, 2.05) is 36.4 Å². The molecule has 7 nitrogen and oxygen atoms in total. The van der Waals surface area contributed by atoms with Gasteiger partial charge in [0.15, 0.2) is 0 Å². The topological polar surface area (TPSA) is 63.5 Å². The molecule has 18 rings (SSSR count). The monoisotopic (exact) mass is 1290 g/mol. The van der Waals surface area contributed by atoms with Crippen LogP contribution in [0.25, 0.3) is 144 Å². The van der Waals surface area contributed by atoms with Gasteiger partial charge in [0.05, 0.1) is 51.6 Å². The van der Waals surface area contributed by atoms with Crippen molar-refractivity contribution in [2.45, 2.75) is 0 Å². The van der Waals surface area contributed by atoms with Gasteiger partial charge in [0.2, 0.25) is 0 Å². The summed E-state index contributed by atoms with van der Waals surface area (Å²) in [6, 6.07) is 120. The van der Waals surface area contributed by atoms with E-state index in [4.69, 9.17) is 4.74 Å². The molecule has 0 atom stereocenters. The van der Waals surface area contributed by atoms with Crippen molar-refractivity contribution in [2.75, 3.05) is 12.0 Å². The van der Waals surface area contributed by atoms with E-state index in [2.05, 4.69) is 345 Å². The molecule has 0 spiro atoms. The molecule has 0 saturated carbocycles. The number of anilines is 2. The standard InChI is InChI=1S/C91H62N6OS/c1-98-75-51-39-64(40-52-75)63-31-43-71(44-32-63)94(70-13-3-2-4-14-70)89-56-53-76(90(92)91(89)93-99)67-37-49-74(50-38-67)97-87-54-41-68(65-27-23-59(24-28-65)61-33-45-72(46-34-61)95-83-19-9-5-15-77(83)78-16-6-10-20-84(78)95)57-81(87)82-58-69(42-55-88(82)97)66-29-25-60(26-30-66)62-35-47-73(48-36-62)96-85-21-11-7-17-79(85)80-18-8-12-22-86(80)96/h2-58,92,99H,1H3/b92-90?,93-91-. The Kier molecular flexibility index (Phi) is 14.5. The van der Waals surface area contributed by atoms with Crippen LogP contribution in [0.4, 0.5) is 11.4 Å². The first-order chi connectivity index (χ1) is 48.9. The van der Waals surface area contributed by atoms with Crippen LogP contribution < -0.4 is 9.64 Å². The highest BCUT2D eigenvalue weighted by atomic mass is 32.1. The van der Waals surface area contributed by atoms with Crippen LogP contribution in [0.3, 0.4) is 0 Å². The van der Waals surface area contributed by atoms with Gasteiger partial charge in [0.1, 0.15) is 11.5 Å². The Bertz CT molecular complexity index is 5730. The second kappa shape index (κ2) is 24.5. The Morgan fingerprint density at radius 1 is 0.303 bits per heavy atom. The Hall–Kier alpha value is -12.8. The van der Waals surface area contributed by atoms with Crippen LogP contribution in [-0.4, -0.2) is 32.2 Å². The van der Waals surface area contributed by atoms with Crippen molar-refractivity contribution < 1.29 is 4.74 Å². The van der Waals surface area contributed by atoms with E-state index in [0.717, 1.165) is 128 Å². The maximum Gasteiger partial charge on any atom is 0.121 e. The van der Waals surface area contributed by atoms with Crippen LogP contribution in [0, 0.1) is 5.41 Å². The largest absolute Gasteiger partial charge is 0.497 e. The molecule has 17 aromatic rings. The van der Waals surface area contributed by atoms with Crippen LogP contribution in [0.5, 0.6) is 5.75 Å². The van der Waals surface area contributed by atoms with Crippen LogP contribution >= 0.6 is 12.8 Å². The molecule has 0 unspecified atom stereocenters. The van der Waals surface area contributed by atoms with E-state index in [1.54, 1.807) is 7.11 Å². The summed E-state index contributed by atoms with van der Waals surface area (Å²) >= 11 is 4.55. The predicted octanol–water partition coefficient (Wildman–Crippen LogP) is 23.7. The third-order valence-corrected chi connectivity index (χ3v) is 20.0. The maximum absolute atomic E-state index is 9.79. The summed E-state index contributed by atoms with van der Waals surface area (Å²) in [7, 11) is 1.68. The molecular weight excluding hydrogens is 1230 g/mol. The number of nitrogens with one attached hydrogen (secondary N) is 1. The molecule has 99 heavy (non-hydrogen) atoms. The zero-order valence-electron chi connectivity index (χ0n) is 54.0. The van der Waals surface area contributed by atoms with Crippen LogP contribution in [-0.2, 0) is 0 Å². The number of hydrogen-bond acceptors (Lipinski definition) is 5. The summed E-state index contributed by atoms with van der Waals surface area (Å²) in [5.41, 5.74) is 26.7. The van der Waals surface area contributed by atoms with Gasteiger partial charge < -0.3 is 23.3 Å². The van der Waals surface area contributed by atoms with E-state index in [9.17, 15) is 5.41 Å². The maximum atomic E-state index is 9.79. The van der Waals surface area contributed by atoms with E-state index in [-0.39, 0.29) is 5.71 Å². The molecule has 3 heterocycles. The molecule has 0 radical (unpaired) electrons. The molecule has 0 aliphatic heterocycles. The van der Waals surface area contributed by atoms with Gasteiger partial charge >= 0.3 is 0 Å². The highest BCUT2D eigenvalue weighted by Crippen LogP contribution is 2.42. The average molecular weight is 1290 g/mol. The van der Waals surface area contributed by atoms with Gasteiger partial charge in [-0.2, -0.15) is 0 Å². The first-order valence-electron chi connectivity index (χ1n) is 33.3. The third kappa shape index (κ3) is 10.2. The Labute approximate surface area is 578 Å². The summed E-state index contributed by atoms with van der Waals surface area (Å²) in [5.74, 6) is 0.815. The number of rotatable bonds is 13. The summed E-state index contributed by atoms with van der Waals surface area (Å²) in [6.07, 6.45) is 4.09. The van der Waals surface area contributed by atoms with Gasteiger partial charge in [-0.25, -0.2) is 4.40 Å². The van der Waals surface area contributed by atoms with Crippen molar-refractivity contribution in [3.63, 3.8) is 0 Å². The fourth-order valence-corrected chi connectivity index (χ4v) is 15.1. The number of para-hydroxylation sites is 5. The molecular formula is C91H62N6OS. The Morgan fingerprint density at radius 3 is 0.990 bits per heavy atom. The smallest absolute Gasteiger partial charge is 0.121 e. The van der Waals surface area contributed by atoms with Gasteiger partial charge in [-0.15, -0.1) is 0 Å². The highest BCUT2D eigenvalue weighted by Gasteiger charge is 2.28. The normalized spacial score (nSPS) is 12.9. The molecule has 0 bridgehead atoms. The second-order valence-corrected chi connectivity index (χ2v) is 25.4. The predicted molar refractivity (Wildman–Crippen MR) is 418 cm³/mol. The number of ether oxygens (including phenoxy) is 1. The fourth-order valence-electron chi connectivity index (χ4n) is 14.9. The quantitative estimate of drug-likeness (QED) is 0.0892. The van der Waals surface area contributed by atoms with Crippen molar-refractivity contribution in [2.24, 2.45) is 4.40 Å². The summed E-state index contributed by atoms with van der Waals surface area (Å²) in [5, 5.41) is 17.1. The number of hydrogen-bond donors (Lipinski definition) is 2. The van der Waals surface area contributed by atoms with E-state index in [1.165, 1.54) is 43.6 Å². The number of fused-ring (bicyclic) bond motifs is 9. The van der Waals surface area contributed by atoms with E-state index < -0.39 is 0 Å². The summed E-state index contributed by atoms with van der Waals surface area (Å²) in [4.78, 5) is 2.14. The molecule has 1 aliphatic carbocycles. The van der Waals surface area contributed by atoms with Crippen molar-refractivity contribution in [3.05, 3.63) is 357 Å². The van der Waals surface area contributed by atoms with Crippen molar-refractivity contribution >= 4 is 107 Å². The number of aromatic nitrogens is 3. The first-order valence-corrected chi connectivity index (χ1v) is 33.7. The molecule has 0 fully saturated rings. The molecule has 14 aromatic carbocycles. The Balaban J connectivity index is 0.681. The Morgan fingerprint density at radius 2 is 0.606 bits per heavy atom.